The third-order valence-electron chi connectivity index (χ3n) is 14.2. The molecular formula is C47H52N10O6. The molecule has 3 aliphatic heterocycles. The van der Waals surface area contributed by atoms with Crippen LogP contribution in [-0.4, -0.2) is 103 Å². The van der Waals surface area contributed by atoms with Gasteiger partial charge >= 0.3 is 0 Å². The van der Waals surface area contributed by atoms with Gasteiger partial charge in [-0.15, -0.1) is 0 Å². The van der Waals surface area contributed by atoms with Crippen molar-refractivity contribution in [1.29, 1.82) is 0 Å². The number of carbonyl (C=O) groups is 5. The Morgan fingerprint density at radius 2 is 1.71 bits per heavy atom. The van der Waals surface area contributed by atoms with E-state index in [1.807, 2.05) is 43.6 Å². The first kappa shape index (κ1) is 40.6. The highest BCUT2D eigenvalue weighted by Crippen LogP contribution is 2.53. The number of aryl methyl sites for hydroxylation is 1. The number of amides is 5. The minimum Gasteiger partial charge on any atom is -0.494 e. The van der Waals surface area contributed by atoms with E-state index in [1.54, 1.807) is 36.2 Å². The van der Waals surface area contributed by atoms with E-state index in [0.29, 0.717) is 62.9 Å². The number of carbonyl (C=O) groups excluding carboxylic acids is 5. The maximum Gasteiger partial charge on any atom is 0.274 e. The van der Waals surface area contributed by atoms with Crippen molar-refractivity contribution in [2.75, 3.05) is 43.9 Å². The molecule has 1 atom stereocenters. The number of nitrogens with zero attached hydrogens (tertiary/aromatic N) is 7. The summed E-state index contributed by atoms with van der Waals surface area (Å²) in [7, 11) is 3.43. The van der Waals surface area contributed by atoms with Gasteiger partial charge in [0.05, 0.1) is 47.4 Å². The molecule has 0 radical (unpaired) electrons. The molecular weight excluding hydrogens is 801 g/mol. The number of ether oxygens (including phenoxy) is 1. The van der Waals surface area contributed by atoms with Gasteiger partial charge in [0, 0.05) is 61.7 Å². The lowest BCUT2D eigenvalue weighted by Gasteiger charge is -2.53. The highest BCUT2D eigenvalue weighted by atomic mass is 16.5. The second kappa shape index (κ2) is 16.4. The predicted octanol–water partition coefficient (Wildman–Crippen LogP) is 5.83. The molecule has 326 valence electrons. The number of hydrogen-bond donors (Lipinski definition) is 3. The number of hydrogen-bond acceptors (Lipinski definition) is 11. The fourth-order valence-corrected chi connectivity index (χ4v) is 10.8. The summed E-state index contributed by atoms with van der Waals surface area (Å²) in [4.78, 5) is 72.6. The van der Waals surface area contributed by atoms with Crippen LogP contribution in [0.4, 0.5) is 11.4 Å². The lowest BCUT2D eigenvalue weighted by Crippen LogP contribution is -2.54. The van der Waals surface area contributed by atoms with E-state index < -0.39 is 23.8 Å². The summed E-state index contributed by atoms with van der Waals surface area (Å²) >= 11 is 0. The number of benzene rings is 2. The Hall–Kier alpha value is -6.42. The van der Waals surface area contributed by atoms with Crippen LogP contribution in [0.25, 0.3) is 22.2 Å². The summed E-state index contributed by atoms with van der Waals surface area (Å²) in [6, 6.07) is 13.8. The summed E-state index contributed by atoms with van der Waals surface area (Å²) in [6.45, 7) is 4.10. The minimum absolute atomic E-state index is 0.0943. The van der Waals surface area contributed by atoms with E-state index in [-0.39, 0.29) is 24.7 Å². The number of aromatic nitrogens is 5. The summed E-state index contributed by atoms with van der Waals surface area (Å²) in [6.07, 6.45) is 15.1. The van der Waals surface area contributed by atoms with Crippen molar-refractivity contribution in [3.05, 3.63) is 83.9 Å². The highest BCUT2D eigenvalue weighted by molar-refractivity contribution is 6.25. The molecule has 2 aromatic carbocycles. The maximum atomic E-state index is 13.5. The Morgan fingerprint density at radius 1 is 0.921 bits per heavy atom. The number of imide groups is 2. The van der Waals surface area contributed by atoms with Crippen molar-refractivity contribution in [3.63, 3.8) is 0 Å². The van der Waals surface area contributed by atoms with Crippen LogP contribution in [0.3, 0.4) is 0 Å². The van der Waals surface area contributed by atoms with E-state index in [2.05, 4.69) is 41.8 Å². The first-order valence-electron chi connectivity index (χ1n) is 22.2. The van der Waals surface area contributed by atoms with Crippen molar-refractivity contribution in [2.24, 2.45) is 24.3 Å². The number of nitrogens with one attached hydrogen (secondary N) is 3. The topological polar surface area (TPSA) is 186 Å². The number of pyridine rings is 1. The van der Waals surface area contributed by atoms with E-state index in [0.717, 1.165) is 86.1 Å². The molecule has 10 rings (SSSR count). The first-order valence-corrected chi connectivity index (χ1v) is 22.2. The summed E-state index contributed by atoms with van der Waals surface area (Å²) in [5, 5.41) is 18.9. The highest BCUT2D eigenvalue weighted by Gasteiger charge is 2.47. The van der Waals surface area contributed by atoms with Crippen LogP contribution >= 0.6 is 0 Å². The molecule has 3 aromatic heterocycles. The fraction of sp³-hybridized carbons (Fsp3) is 0.447. The van der Waals surface area contributed by atoms with Crippen LogP contribution in [0.15, 0.2) is 67.1 Å². The Kier molecular flexibility index (Phi) is 10.6. The van der Waals surface area contributed by atoms with Gasteiger partial charge in [-0.05, 0) is 118 Å². The summed E-state index contributed by atoms with van der Waals surface area (Å²) in [5.74, 6) is -0.584. The van der Waals surface area contributed by atoms with Gasteiger partial charge in [-0.1, -0.05) is 12.1 Å². The monoisotopic (exact) mass is 852 g/mol. The Bertz CT molecular complexity index is 2630. The lowest BCUT2D eigenvalue weighted by molar-refractivity contribution is -0.136. The molecule has 0 bridgehead atoms. The molecule has 3 N–H and O–H groups in total. The number of anilines is 2. The number of rotatable bonds is 11. The molecule has 1 unspecified atom stereocenters. The van der Waals surface area contributed by atoms with Gasteiger partial charge in [-0.25, -0.2) is 4.98 Å². The third kappa shape index (κ3) is 7.85. The standard InChI is InChI=1S/C47H52N10O6/c1-54-26-31(24-49-54)34-6-4-8-36(50-34)43(59)51-38-19-30-27-56(53-37(30)20-40(38)63-2)32-11-9-28(10-12-32)25-55-17-15-47(16-18-55)21-29(22-47)23-48-35-7-3-5-33-42(35)46(62)57(45(33)61)39-13-14-41(58)52-44(39)60/h3-8,19-20,24,26-29,32,39,48H,9-18,21-23,25H2,1-2H3,(H,51,59)(H,52,58,60)/t28-,32-,39?. The molecule has 5 aliphatic rings. The number of methoxy groups -OCH3 is 1. The van der Waals surface area contributed by atoms with Gasteiger partial charge in [0.25, 0.3) is 17.7 Å². The van der Waals surface area contributed by atoms with Crippen LogP contribution in [0.2, 0.25) is 0 Å². The van der Waals surface area contributed by atoms with Gasteiger partial charge in [0.2, 0.25) is 11.8 Å². The molecule has 4 fully saturated rings. The molecule has 2 aliphatic carbocycles. The molecule has 2 saturated heterocycles. The van der Waals surface area contributed by atoms with E-state index in [4.69, 9.17) is 9.84 Å². The third-order valence-corrected chi connectivity index (χ3v) is 14.2. The maximum absolute atomic E-state index is 13.5. The van der Waals surface area contributed by atoms with Crippen LogP contribution < -0.4 is 20.7 Å². The normalized spacial score (nSPS) is 22.6. The zero-order valence-corrected chi connectivity index (χ0v) is 35.6. The van der Waals surface area contributed by atoms with Crippen LogP contribution in [-0.2, 0) is 16.6 Å². The van der Waals surface area contributed by atoms with Gasteiger partial charge in [0.15, 0.2) is 0 Å². The fourth-order valence-electron chi connectivity index (χ4n) is 10.8. The number of piperidine rings is 2. The van der Waals surface area contributed by atoms with E-state index >= 15 is 0 Å². The molecule has 1 spiro atoms. The molecule has 2 saturated carbocycles. The average Bonchev–Trinajstić information content (AvgIpc) is 3.98. The van der Waals surface area contributed by atoms with Crippen molar-refractivity contribution >= 4 is 51.8 Å². The summed E-state index contributed by atoms with van der Waals surface area (Å²) in [5.41, 5.74) is 4.82. The van der Waals surface area contributed by atoms with Crippen molar-refractivity contribution < 1.29 is 28.7 Å². The van der Waals surface area contributed by atoms with Crippen molar-refractivity contribution in [3.8, 4) is 17.0 Å². The molecule has 5 aromatic rings. The Balaban J connectivity index is 0.684. The zero-order chi connectivity index (χ0) is 43.4. The van der Waals surface area contributed by atoms with E-state index in [9.17, 15) is 24.0 Å². The Morgan fingerprint density at radius 3 is 2.46 bits per heavy atom. The number of fused-ring (bicyclic) bond motifs is 2. The average molecular weight is 853 g/mol. The second-order valence-corrected chi connectivity index (χ2v) is 18.3. The molecule has 16 nitrogen and oxygen atoms in total. The lowest BCUT2D eigenvalue weighted by atomic mass is 9.57. The quantitative estimate of drug-likeness (QED) is 0.136. The van der Waals surface area contributed by atoms with Gasteiger partial charge < -0.3 is 20.3 Å². The van der Waals surface area contributed by atoms with Crippen LogP contribution in [0.1, 0.15) is 101 Å². The molecule has 6 heterocycles. The van der Waals surface area contributed by atoms with Gasteiger partial charge in [-0.3, -0.25) is 43.6 Å². The van der Waals surface area contributed by atoms with Crippen molar-refractivity contribution in [2.45, 2.75) is 76.3 Å². The SMILES string of the molecule is COc1cc2nn([C@H]3CC[C@H](CN4CCC5(CC4)CC(CNc4cccc6c4C(=O)N(C4CCC(=O)NC4=O)C6=O)C5)CC3)cc2cc1NC(=O)c1cccc(-c2cnn(C)c2)n1. The smallest absolute Gasteiger partial charge is 0.274 e. The second-order valence-electron chi connectivity index (χ2n) is 18.3. The Labute approximate surface area is 364 Å². The van der Waals surface area contributed by atoms with Crippen LogP contribution in [0, 0.1) is 17.3 Å². The minimum atomic E-state index is -0.976. The molecule has 16 heteroatoms. The van der Waals surface area contributed by atoms with E-state index in [1.165, 1.54) is 12.8 Å². The van der Waals surface area contributed by atoms with Gasteiger partial charge in [-0.2, -0.15) is 10.2 Å². The van der Waals surface area contributed by atoms with Crippen molar-refractivity contribution in [1.82, 2.24) is 39.7 Å². The first-order chi connectivity index (χ1) is 30.5. The van der Waals surface area contributed by atoms with Gasteiger partial charge in [0.1, 0.15) is 17.5 Å². The number of likely N-dealkylation sites (tertiary alicyclic amines) is 1. The predicted molar refractivity (Wildman–Crippen MR) is 234 cm³/mol. The summed E-state index contributed by atoms with van der Waals surface area (Å²) < 4.78 is 9.50. The molecule has 63 heavy (non-hydrogen) atoms. The van der Waals surface area contributed by atoms with Crippen LogP contribution in [0.5, 0.6) is 5.75 Å². The zero-order valence-electron chi connectivity index (χ0n) is 35.6. The molecule has 5 amide bonds. The largest absolute Gasteiger partial charge is 0.494 e.